The SMILES string of the molecule is CCOC(=O)Cc1cc(OC(F)(F)F)c(F)nc1CF. The van der Waals surface area contributed by atoms with E-state index in [2.05, 4.69) is 14.5 Å². The fraction of sp³-hybridized carbons (Fsp3) is 0.455. The molecule has 112 valence electrons. The van der Waals surface area contributed by atoms with E-state index in [1.807, 2.05) is 0 Å². The summed E-state index contributed by atoms with van der Waals surface area (Å²) in [6, 6.07) is 0.585. The van der Waals surface area contributed by atoms with Crippen molar-refractivity contribution in [2.45, 2.75) is 26.4 Å². The second kappa shape index (κ2) is 6.49. The highest BCUT2D eigenvalue weighted by molar-refractivity contribution is 5.73. The number of esters is 1. The Hall–Kier alpha value is -1.93. The van der Waals surface area contributed by atoms with Crippen molar-refractivity contribution < 1.29 is 36.2 Å². The molecule has 4 nitrogen and oxygen atoms in total. The molecular formula is C11H10F5NO3. The molecule has 20 heavy (non-hydrogen) atoms. The van der Waals surface area contributed by atoms with Gasteiger partial charge >= 0.3 is 12.3 Å². The molecule has 0 aliphatic heterocycles. The molecule has 0 saturated heterocycles. The second-order valence-corrected chi connectivity index (χ2v) is 3.55. The first-order chi connectivity index (χ1) is 9.26. The zero-order valence-corrected chi connectivity index (χ0v) is 10.3. The highest BCUT2D eigenvalue weighted by Gasteiger charge is 2.33. The van der Waals surface area contributed by atoms with Crippen molar-refractivity contribution in [3.63, 3.8) is 0 Å². The molecule has 9 heteroatoms. The van der Waals surface area contributed by atoms with Gasteiger partial charge in [0, 0.05) is 0 Å². The van der Waals surface area contributed by atoms with Crippen LogP contribution in [0.5, 0.6) is 5.75 Å². The summed E-state index contributed by atoms with van der Waals surface area (Å²) in [5.74, 6) is -3.63. The molecule has 0 aromatic carbocycles. The van der Waals surface area contributed by atoms with Gasteiger partial charge in [0.2, 0.25) is 0 Å². The van der Waals surface area contributed by atoms with E-state index < -0.39 is 42.8 Å². The van der Waals surface area contributed by atoms with Crippen molar-refractivity contribution in [1.29, 1.82) is 0 Å². The van der Waals surface area contributed by atoms with Crippen LogP contribution in [0.25, 0.3) is 0 Å². The maximum atomic E-state index is 13.2. The van der Waals surface area contributed by atoms with Gasteiger partial charge in [0.1, 0.15) is 6.67 Å². The quantitative estimate of drug-likeness (QED) is 0.476. The largest absolute Gasteiger partial charge is 0.573 e. The Morgan fingerprint density at radius 1 is 1.40 bits per heavy atom. The molecule has 0 N–H and O–H groups in total. The van der Waals surface area contributed by atoms with E-state index in [9.17, 15) is 26.7 Å². The smallest absolute Gasteiger partial charge is 0.466 e. The number of nitrogens with zero attached hydrogens (tertiary/aromatic N) is 1. The van der Waals surface area contributed by atoms with Crippen molar-refractivity contribution >= 4 is 5.97 Å². The third-order valence-electron chi connectivity index (χ3n) is 2.10. The number of ether oxygens (including phenoxy) is 2. The van der Waals surface area contributed by atoms with Gasteiger partial charge in [0.25, 0.3) is 5.95 Å². The second-order valence-electron chi connectivity index (χ2n) is 3.55. The van der Waals surface area contributed by atoms with E-state index in [4.69, 9.17) is 0 Å². The van der Waals surface area contributed by atoms with Gasteiger partial charge in [-0.05, 0) is 18.6 Å². The maximum absolute atomic E-state index is 13.2. The molecule has 0 spiro atoms. The van der Waals surface area contributed by atoms with Gasteiger partial charge in [-0.1, -0.05) is 0 Å². The molecule has 0 aliphatic carbocycles. The third kappa shape index (κ3) is 4.63. The lowest BCUT2D eigenvalue weighted by molar-refractivity contribution is -0.275. The van der Waals surface area contributed by atoms with Gasteiger partial charge < -0.3 is 9.47 Å². The van der Waals surface area contributed by atoms with Crippen molar-refractivity contribution in [3.05, 3.63) is 23.3 Å². The summed E-state index contributed by atoms with van der Waals surface area (Å²) in [7, 11) is 0. The first kappa shape index (κ1) is 16.1. The predicted octanol–water partition coefficient (Wildman–Crippen LogP) is 2.69. The van der Waals surface area contributed by atoms with E-state index in [1.165, 1.54) is 6.92 Å². The number of carbonyl (C=O) groups excluding carboxylic acids is 1. The molecule has 0 fully saturated rings. The van der Waals surface area contributed by atoms with Gasteiger partial charge in [-0.3, -0.25) is 4.79 Å². The van der Waals surface area contributed by atoms with Crippen LogP contribution >= 0.6 is 0 Å². The Labute approximate surface area is 110 Å². The predicted molar refractivity (Wildman–Crippen MR) is 56.0 cm³/mol. The van der Waals surface area contributed by atoms with Crippen LogP contribution in [0.2, 0.25) is 0 Å². The minimum atomic E-state index is -5.12. The monoisotopic (exact) mass is 299 g/mol. The van der Waals surface area contributed by atoms with Gasteiger partial charge in [0.05, 0.1) is 18.7 Å². The lowest BCUT2D eigenvalue weighted by Crippen LogP contribution is -2.19. The Kier molecular flexibility index (Phi) is 5.23. The zero-order chi connectivity index (χ0) is 15.3. The number of aromatic nitrogens is 1. The molecule has 0 saturated carbocycles. The topological polar surface area (TPSA) is 48.4 Å². The lowest BCUT2D eigenvalue weighted by atomic mass is 10.1. The Balaban J connectivity index is 3.08. The molecule has 1 aromatic rings. The van der Waals surface area contributed by atoms with Crippen LogP contribution in [0.1, 0.15) is 18.2 Å². The summed E-state index contributed by atoms with van der Waals surface area (Å²) < 4.78 is 69.9. The number of alkyl halides is 4. The van der Waals surface area contributed by atoms with Crippen molar-refractivity contribution in [3.8, 4) is 5.75 Å². The van der Waals surface area contributed by atoms with Crippen LogP contribution in [0, 0.1) is 5.95 Å². The first-order valence-corrected chi connectivity index (χ1v) is 5.42. The number of hydrogen-bond donors (Lipinski definition) is 0. The number of pyridine rings is 1. The summed E-state index contributed by atoms with van der Waals surface area (Å²) in [6.07, 6.45) is -5.66. The Morgan fingerprint density at radius 3 is 2.55 bits per heavy atom. The summed E-state index contributed by atoms with van der Waals surface area (Å²) in [5, 5.41) is 0. The Morgan fingerprint density at radius 2 is 2.05 bits per heavy atom. The van der Waals surface area contributed by atoms with E-state index in [0.29, 0.717) is 6.07 Å². The lowest BCUT2D eigenvalue weighted by Gasteiger charge is -2.12. The summed E-state index contributed by atoms with van der Waals surface area (Å²) in [6.45, 7) is 0.331. The number of hydrogen-bond acceptors (Lipinski definition) is 4. The van der Waals surface area contributed by atoms with Crippen LogP contribution < -0.4 is 4.74 Å². The highest BCUT2D eigenvalue weighted by atomic mass is 19.4. The zero-order valence-electron chi connectivity index (χ0n) is 10.3. The molecule has 1 heterocycles. The fourth-order valence-corrected chi connectivity index (χ4v) is 1.38. The van der Waals surface area contributed by atoms with Gasteiger partial charge in [-0.15, -0.1) is 13.2 Å². The molecule has 1 aromatic heterocycles. The first-order valence-electron chi connectivity index (χ1n) is 5.42. The van der Waals surface area contributed by atoms with Crippen LogP contribution in [-0.4, -0.2) is 23.9 Å². The number of rotatable bonds is 5. The average Bonchev–Trinajstić information content (AvgIpc) is 2.31. The number of halogens is 5. The molecule has 0 bridgehead atoms. The van der Waals surface area contributed by atoms with E-state index in [1.54, 1.807) is 0 Å². The molecular weight excluding hydrogens is 289 g/mol. The molecule has 0 unspecified atom stereocenters. The van der Waals surface area contributed by atoms with Crippen LogP contribution in [0.3, 0.4) is 0 Å². The van der Waals surface area contributed by atoms with Crippen LogP contribution in [-0.2, 0) is 22.6 Å². The van der Waals surface area contributed by atoms with E-state index in [0.717, 1.165) is 0 Å². The normalized spacial score (nSPS) is 11.3. The van der Waals surface area contributed by atoms with Gasteiger partial charge in [-0.2, -0.15) is 4.39 Å². The maximum Gasteiger partial charge on any atom is 0.573 e. The van der Waals surface area contributed by atoms with Crippen molar-refractivity contribution in [2.24, 2.45) is 0 Å². The summed E-state index contributed by atoms with van der Waals surface area (Å²) in [4.78, 5) is 14.2. The highest BCUT2D eigenvalue weighted by Crippen LogP contribution is 2.27. The van der Waals surface area contributed by atoms with Crippen molar-refractivity contribution in [2.75, 3.05) is 6.61 Å². The van der Waals surface area contributed by atoms with Crippen LogP contribution in [0.15, 0.2) is 6.07 Å². The minimum absolute atomic E-state index is 0.0460. The van der Waals surface area contributed by atoms with Gasteiger partial charge in [-0.25, -0.2) is 9.37 Å². The third-order valence-corrected chi connectivity index (χ3v) is 2.10. The minimum Gasteiger partial charge on any atom is -0.466 e. The molecule has 0 amide bonds. The van der Waals surface area contributed by atoms with Gasteiger partial charge in [0.15, 0.2) is 5.75 Å². The average molecular weight is 299 g/mol. The number of carbonyl (C=O) groups is 1. The van der Waals surface area contributed by atoms with Crippen molar-refractivity contribution in [1.82, 2.24) is 4.98 Å². The molecule has 0 aliphatic rings. The summed E-state index contributed by atoms with van der Waals surface area (Å²) >= 11 is 0. The molecule has 1 rings (SSSR count). The Bertz CT molecular complexity index is 490. The molecule has 0 atom stereocenters. The van der Waals surface area contributed by atoms with Crippen LogP contribution in [0.4, 0.5) is 22.0 Å². The fourth-order valence-electron chi connectivity index (χ4n) is 1.38. The molecule has 0 radical (unpaired) electrons. The van der Waals surface area contributed by atoms with E-state index in [-0.39, 0.29) is 12.2 Å². The van der Waals surface area contributed by atoms with E-state index >= 15 is 0 Å². The summed E-state index contributed by atoms with van der Waals surface area (Å²) in [5.41, 5.74) is -0.711. The standard InChI is InChI=1S/C11H10F5NO3/c1-2-19-9(18)4-6-3-8(20-11(14,15)16)10(13)17-7(6)5-12/h3H,2,4-5H2,1H3.